The molecule has 0 aliphatic rings. The van der Waals surface area contributed by atoms with Crippen molar-refractivity contribution in [1.82, 2.24) is 0 Å². The molecule has 0 bridgehead atoms. The fraction of sp³-hybridized carbons (Fsp3) is 0.333. The molecule has 0 radical (unpaired) electrons. The number of nitrogens with zero attached hydrogens (tertiary/aromatic N) is 2. The molecule has 0 heterocycles. The molecule has 0 spiro atoms. The van der Waals surface area contributed by atoms with Crippen LogP contribution in [0.25, 0.3) is 0 Å². The van der Waals surface area contributed by atoms with Gasteiger partial charge in [-0.1, -0.05) is 18.2 Å². The first-order valence-corrected chi connectivity index (χ1v) is 11.4. The number of anilines is 2. The molecule has 0 aliphatic carbocycles. The van der Waals surface area contributed by atoms with Crippen molar-refractivity contribution in [3.05, 3.63) is 54.1 Å². The molecule has 0 saturated carbocycles. The maximum absolute atomic E-state index is 12.9. The quantitative estimate of drug-likeness (QED) is 0.297. The van der Waals surface area contributed by atoms with E-state index in [4.69, 9.17) is 9.47 Å². The number of hydrogen-bond donors (Lipinski definition) is 0. The van der Waals surface area contributed by atoms with Gasteiger partial charge >= 0.3 is 11.9 Å². The Hall–Kier alpha value is -3.33. The summed E-state index contributed by atoms with van der Waals surface area (Å²) in [6.07, 6.45) is -0.372. The third-order valence-corrected chi connectivity index (χ3v) is 5.65. The molecule has 2 rings (SSSR count). The largest absolute Gasteiger partial charge is 0.465 e. The molecule has 8 nitrogen and oxygen atoms in total. The summed E-state index contributed by atoms with van der Waals surface area (Å²) in [7, 11) is 3.10. The van der Waals surface area contributed by atoms with Gasteiger partial charge in [-0.3, -0.25) is 14.4 Å². The molecule has 0 atom stereocenters. The Labute approximate surface area is 197 Å². The summed E-state index contributed by atoms with van der Waals surface area (Å²) in [6, 6.07) is 13.9. The molecule has 0 saturated heterocycles. The van der Waals surface area contributed by atoms with Crippen LogP contribution in [0.15, 0.2) is 53.4 Å². The van der Waals surface area contributed by atoms with Crippen molar-refractivity contribution < 1.29 is 28.7 Å². The van der Waals surface area contributed by atoms with Crippen LogP contribution < -0.4 is 9.80 Å². The Balaban J connectivity index is 2.19. The van der Waals surface area contributed by atoms with Gasteiger partial charge in [0.1, 0.15) is 6.42 Å². The lowest BCUT2D eigenvalue weighted by atomic mass is 10.1. The summed E-state index contributed by atoms with van der Waals surface area (Å²) in [5.41, 5.74) is 1.16. The van der Waals surface area contributed by atoms with Crippen LogP contribution >= 0.6 is 11.8 Å². The van der Waals surface area contributed by atoms with Crippen LogP contribution in [0.2, 0.25) is 0 Å². The van der Waals surface area contributed by atoms with Crippen LogP contribution in [0.1, 0.15) is 30.6 Å². The average molecular weight is 473 g/mol. The number of benzene rings is 2. The van der Waals surface area contributed by atoms with Gasteiger partial charge in [0, 0.05) is 24.7 Å². The van der Waals surface area contributed by atoms with Crippen LogP contribution in [-0.2, 0) is 23.9 Å². The van der Waals surface area contributed by atoms with Gasteiger partial charge in [-0.05, 0) is 44.2 Å². The van der Waals surface area contributed by atoms with E-state index in [1.54, 1.807) is 63.4 Å². The molecular weight excluding hydrogens is 444 g/mol. The highest BCUT2D eigenvalue weighted by atomic mass is 32.2. The number of thioether (sulfide) groups is 1. The van der Waals surface area contributed by atoms with Crippen molar-refractivity contribution in [3.8, 4) is 0 Å². The van der Waals surface area contributed by atoms with Gasteiger partial charge in [-0.25, -0.2) is 4.79 Å². The summed E-state index contributed by atoms with van der Waals surface area (Å²) in [5.74, 6) is -1.72. The molecule has 2 aromatic carbocycles. The van der Waals surface area contributed by atoms with E-state index in [0.717, 1.165) is 0 Å². The first-order valence-electron chi connectivity index (χ1n) is 10.5. The number of rotatable bonds is 10. The lowest BCUT2D eigenvalue weighted by Gasteiger charge is -2.22. The molecule has 2 aromatic rings. The maximum Gasteiger partial charge on any atom is 0.340 e. The Morgan fingerprint density at radius 1 is 0.848 bits per heavy atom. The first kappa shape index (κ1) is 25.9. The topological polar surface area (TPSA) is 93.2 Å². The SMILES string of the molecule is CCOC(=O)CSc1ccc(N(C)C(=O)CC(=O)N(C)c2ccccc2)c(C(=O)OCC)c1. The maximum atomic E-state index is 12.9. The second kappa shape index (κ2) is 12.6. The molecule has 176 valence electrons. The van der Waals surface area contributed by atoms with Gasteiger partial charge in [0.2, 0.25) is 11.8 Å². The minimum atomic E-state index is -0.599. The van der Waals surface area contributed by atoms with Gasteiger partial charge in [-0.15, -0.1) is 11.8 Å². The van der Waals surface area contributed by atoms with Gasteiger partial charge < -0.3 is 19.3 Å². The van der Waals surface area contributed by atoms with E-state index in [9.17, 15) is 19.2 Å². The standard InChI is InChI=1S/C24H28N2O6S/c1-5-31-23(29)16-33-18-12-13-20(19(14-18)24(30)32-6-2)26(4)22(28)15-21(27)25(3)17-10-8-7-9-11-17/h7-14H,5-6,15-16H2,1-4H3. The number of amides is 2. The van der Waals surface area contributed by atoms with Crippen molar-refractivity contribution in [1.29, 1.82) is 0 Å². The third-order valence-electron chi connectivity index (χ3n) is 4.68. The normalized spacial score (nSPS) is 10.3. The minimum Gasteiger partial charge on any atom is -0.465 e. The van der Waals surface area contributed by atoms with Crippen molar-refractivity contribution in [3.63, 3.8) is 0 Å². The molecular formula is C24H28N2O6S. The number of ether oxygens (including phenoxy) is 2. The van der Waals surface area contributed by atoms with E-state index < -0.39 is 11.9 Å². The van der Waals surface area contributed by atoms with E-state index in [-0.39, 0.29) is 42.8 Å². The molecule has 9 heteroatoms. The lowest BCUT2D eigenvalue weighted by Crippen LogP contribution is -2.35. The number of carbonyl (C=O) groups excluding carboxylic acids is 4. The van der Waals surface area contributed by atoms with E-state index in [1.165, 1.54) is 28.6 Å². The Morgan fingerprint density at radius 3 is 2.12 bits per heavy atom. The van der Waals surface area contributed by atoms with Gasteiger partial charge in [-0.2, -0.15) is 0 Å². The van der Waals surface area contributed by atoms with Crippen LogP contribution in [0, 0.1) is 0 Å². The smallest absolute Gasteiger partial charge is 0.340 e. The summed E-state index contributed by atoms with van der Waals surface area (Å²) >= 11 is 1.21. The monoisotopic (exact) mass is 472 g/mol. The number of carbonyl (C=O) groups is 4. The fourth-order valence-electron chi connectivity index (χ4n) is 2.91. The van der Waals surface area contributed by atoms with E-state index in [0.29, 0.717) is 16.3 Å². The van der Waals surface area contributed by atoms with Crippen molar-refractivity contribution >= 4 is 46.9 Å². The second-order valence-corrected chi connectivity index (χ2v) is 7.96. The predicted molar refractivity (Wildman–Crippen MR) is 128 cm³/mol. The van der Waals surface area contributed by atoms with E-state index >= 15 is 0 Å². The number of para-hydroxylation sites is 1. The molecule has 0 fully saturated rings. The molecule has 0 unspecified atom stereocenters. The second-order valence-electron chi connectivity index (χ2n) is 6.91. The summed E-state index contributed by atoms with van der Waals surface area (Å²) in [5, 5.41) is 0. The van der Waals surface area contributed by atoms with Gasteiger partial charge in [0.15, 0.2) is 0 Å². The highest BCUT2D eigenvalue weighted by Gasteiger charge is 2.24. The number of esters is 2. The molecule has 0 N–H and O–H groups in total. The molecule has 33 heavy (non-hydrogen) atoms. The van der Waals surface area contributed by atoms with Crippen molar-refractivity contribution in [2.75, 3.05) is 42.9 Å². The summed E-state index contributed by atoms with van der Waals surface area (Å²) in [4.78, 5) is 53.0. The zero-order valence-corrected chi connectivity index (χ0v) is 20.0. The van der Waals surface area contributed by atoms with Crippen LogP contribution in [0.4, 0.5) is 11.4 Å². The zero-order valence-electron chi connectivity index (χ0n) is 19.2. The number of hydrogen-bond acceptors (Lipinski definition) is 7. The highest BCUT2D eigenvalue weighted by molar-refractivity contribution is 8.00. The van der Waals surface area contributed by atoms with E-state index in [1.807, 2.05) is 6.07 Å². The molecule has 0 aromatic heterocycles. The summed E-state index contributed by atoms with van der Waals surface area (Å²) < 4.78 is 10.1. The van der Waals surface area contributed by atoms with Crippen LogP contribution in [0.5, 0.6) is 0 Å². The Kier molecular flexibility index (Phi) is 9.93. The zero-order chi connectivity index (χ0) is 24.4. The fourth-order valence-corrected chi connectivity index (χ4v) is 3.64. The third kappa shape index (κ3) is 7.35. The van der Waals surface area contributed by atoms with Crippen LogP contribution in [0.3, 0.4) is 0 Å². The molecule has 0 aliphatic heterocycles. The predicted octanol–water partition coefficient (Wildman–Crippen LogP) is 3.53. The summed E-state index contributed by atoms with van der Waals surface area (Å²) in [6.45, 7) is 3.86. The van der Waals surface area contributed by atoms with Crippen molar-refractivity contribution in [2.45, 2.75) is 25.2 Å². The highest BCUT2D eigenvalue weighted by Crippen LogP contribution is 2.28. The molecule has 2 amide bonds. The van der Waals surface area contributed by atoms with E-state index in [2.05, 4.69) is 0 Å². The Bertz CT molecular complexity index is 996. The van der Waals surface area contributed by atoms with Crippen molar-refractivity contribution in [2.24, 2.45) is 0 Å². The minimum absolute atomic E-state index is 0.0878. The first-order chi connectivity index (χ1) is 15.8. The van der Waals surface area contributed by atoms with Gasteiger partial charge in [0.05, 0.1) is 30.2 Å². The average Bonchev–Trinajstić information content (AvgIpc) is 2.82. The van der Waals surface area contributed by atoms with Crippen LogP contribution in [-0.4, -0.2) is 56.8 Å². The van der Waals surface area contributed by atoms with Gasteiger partial charge in [0.25, 0.3) is 0 Å². The lowest BCUT2D eigenvalue weighted by molar-refractivity contribution is -0.139. The Morgan fingerprint density at radius 2 is 1.48 bits per heavy atom.